The summed E-state index contributed by atoms with van der Waals surface area (Å²) in [6, 6.07) is 0. The molecule has 2 aliphatic heterocycles. The molecular formula is C15H27F3N4. The van der Waals surface area contributed by atoms with Crippen LogP contribution in [0, 0.1) is 11.8 Å². The van der Waals surface area contributed by atoms with Crippen LogP contribution in [0.15, 0.2) is 4.99 Å². The van der Waals surface area contributed by atoms with Crippen molar-refractivity contribution in [2.75, 3.05) is 39.3 Å². The van der Waals surface area contributed by atoms with Crippen molar-refractivity contribution in [3.8, 4) is 0 Å². The van der Waals surface area contributed by atoms with E-state index in [-0.39, 0.29) is 0 Å². The van der Waals surface area contributed by atoms with Gasteiger partial charge in [-0.05, 0) is 50.6 Å². The van der Waals surface area contributed by atoms with Gasteiger partial charge in [0.1, 0.15) is 0 Å². The molecule has 7 heteroatoms. The number of likely N-dealkylation sites (tertiary alicyclic amines) is 2. The Labute approximate surface area is 130 Å². The molecule has 22 heavy (non-hydrogen) atoms. The number of hydrogen-bond donors (Lipinski definition) is 1. The fraction of sp³-hybridized carbons (Fsp3) is 0.933. The monoisotopic (exact) mass is 320 g/mol. The van der Waals surface area contributed by atoms with Crippen LogP contribution in [-0.2, 0) is 0 Å². The Morgan fingerprint density at radius 3 is 2.45 bits per heavy atom. The summed E-state index contributed by atoms with van der Waals surface area (Å²) in [7, 11) is 0. The van der Waals surface area contributed by atoms with Crippen molar-refractivity contribution in [2.24, 2.45) is 22.6 Å². The molecule has 2 N–H and O–H groups in total. The Balaban J connectivity index is 1.72. The molecule has 4 nitrogen and oxygen atoms in total. The van der Waals surface area contributed by atoms with Crippen molar-refractivity contribution >= 4 is 5.96 Å². The van der Waals surface area contributed by atoms with E-state index in [0.29, 0.717) is 37.4 Å². The van der Waals surface area contributed by atoms with Gasteiger partial charge in [0.2, 0.25) is 0 Å². The molecule has 0 aliphatic carbocycles. The van der Waals surface area contributed by atoms with Crippen molar-refractivity contribution in [1.82, 2.24) is 9.80 Å². The summed E-state index contributed by atoms with van der Waals surface area (Å²) in [5.74, 6) is 1.60. The van der Waals surface area contributed by atoms with E-state index in [0.717, 1.165) is 32.4 Å². The van der Waals surface area contributed by atoms with Crippen LogP contribution in [0.4, 0.5) is 13.2 Å². The minimum atomic E-state index is -4.10. The van der Waals surface area contributed by atoms with Gasteiger partial charge in [0.25, 0.3) is 0 Å². The largest absolute Gasteiger partial charge is 0.401 e. The Kier molecular flexibility index (Phi) is 5.94. The van der Waals surface area contributed by atoms with E-state index >= 15 is 0 Å². The molecule has 2 aliphatic rings. The summed E-state index contributed by atoms with van der Waals surface area (Å²) >= 11 is 0. The topological polar surface area (TPSA) is 44.9 Å². The van der Waals surface area contributed by atoms with Gasteiger partial charge in [0, 0.05) is 19.6 Å². The maximum absolute atomic E-state index is 12.3. The minimum absolute atomic E-state index is 0.352. The molecular weight excluding hydrogens is 293 g/mol. The lowest BCUT2D eigenvalue weighted by atomic mass is 9.97. The average Bonchev–Trinajstić information content (AvgIpc) is 2.44. The predicted octanol–water partition coefficient (Wildman–Crippen LogP) is 2.31. The number of aliphatic imine (C=N–C) groups is 1. The van der Waals surface area contributed by atoms with Crippen LogP contribution in [-0.4, -0.2) is 61.2 Å². The zero-order chi connectivity index (χ0) is 16.2. The van der Waals surface area contributed by atoms with Gasteiger partial charge in [0.05, 0.1) is 6.54 Å². The Hall–Kier alpha value is -0.980. The molecule has 0 aromatic heterocycles. The molecule has 128 valence electrons. The maximum atomic E-state index is 12.3. The fourth-order valence-electron chi connectivity index (χ4n) is 3.30. The first-order valence-corrected chi connectivity index (χ1v) is 8.17. The number of guanidine groups is 1. The van der Waals surface area contributed by atoms with E-state index in [1.165, 1.54) is 11.3 Å². The Morgan fingerprint density at radius 2 is 1.86 bits per heavy atom. The van der Waals surface area contributed by atoms with Crippen LogP contribution in [0.25, 0.3) is 0 Å². The third-order valence-electron chi connectivity index (χ3n) is 4.60. The third kappa shape index (κ3) is 5.66. The number of nitrogens with two attached hydrogens (primary N) is 1. The quantitative estimate of drug-likeness (QED) is 0.641. The first-order valence-electron chi connectivity index (χ1n) is 8.17. The molecule has 2 fully saturated rings. The number of hydrogen-bond acceptors (Lipinski definition) is 2. The standard InChI is InChI=1S/C15H27F3N4/c1-12-3-2-6-22(10-12)14(19)20-9-13-4-7-21(8-5-13)11-15(16,17)18/h12-13H,2-11H2,1H3,(H2,19,20). The Morgan fingerprint density at radius 1 is 1.18 bits per heavy atom. The van der Waals surface area contributed by atoms with Crippen molar-refractivity contribution in [3.63, 3.8) is 0 Å². The van der Waals surface area contributed by atoms with Crippen molar-refractivity contribution in [1.29, 1.82) is 0 Å². The lowest BCUT2D eigenvalue weighted by Gasteiger charge is -2.33. The van der Waals surface area contributed by atoms with Crippen molar-refractivity contribution < 1.29 is 13.2 Å². The molecule has 0 amide bonds. The molecule has 0 bridgehead atoms. The maximum Gasteiger partial charge on any atom is 0.401 e. The van der Waals surface area contributed by atoms with Gasteiger partial charge in [-0.3, -0.25) is 9.89 Å². The molecule has 2 rings (SSSR count). The predicted molar refractivity (Wildman–Crippen MR) is 81.7 cm³/mol. The number of halogens is 3. The molecule has 0 aromatic carbocycles. The van der Waals surface area contributed by atoms with Crippen LogP contribution in [0.3, 0.4) is 0 Å². The normalized spacial score (nSPS) is 26.5. The molecule has 0 spiro atoms. The van der Waals surface area contributed by atoms with Crippen LogP contribution in [0.2, 0.25) is 0 Å². The van der Waals surface area contributed by atoms with E-state index in [1.807, 2.05) is 0 Å². The number of rotatable bonds is 3. The van der Waals surface area contributed by atoms with Gasteiger partial charge in [-0.1, -0.05) is 6.92 Å². The van der Waals surface area contributed by atoms with Gasteiger partial charge >= 0.3 is 6.18 Å². The van der Waals surface area contributed by atoms with E-state index in [4.69, 9.17) is 5.73 Å². The number of piperidine rings is 2. The summed E-state index contributed by atoms with van der Waals surface area (Å²) in [6.45, 7) is 4.98. The van der Waals surface area contributed by atoms with Crippen LogP contribution in [0.5, 0.6) is 0 Å². The van der Waals surface area contributed by atoms with Gasteiger partial charge in [-0.2, -0.15) is 13.2 Å². The van der Waals surface area contributed by atoms with Crippen LogP contribution in [0.1, 0.15) is 32.6 Å². The molecule has 0 radical (unpaired) electrons. The highest BCUT2D eigenvalue weighted by atomic mass is 19.4. The second-order valence-corrected chi connectivity index (χ2v) is 6.73. The third-order valence-corrected chi connectivity index (χ3v) is 4.60. The zero-order valence-corrected chi connectivity index (χ0v) is 13.3. The van der Waals surface area contributed by atoms with Gasteiger partial charge in [-0.15, -0.1) is 0 Å². The van der Waals surface area contributed by atoms with E-state index in [9.17, 15) is 13.2 Å². The summed E-state index contributed by atoms with van der Waals surface area (Å²) < 4.78 is 37.0. The van der Waals surface area contributed by atoms with Gasteiger partial charge in [-0.25, -0.2) is 0 Å². The lowest BCUT2D eigenvalue weighted by Crippen LogP contribution is -2.44. The first-order chi connectivity index (χ1) is 10.3. The highest BCUT2D eigenvalue weighted by Crippen LogP contribution is 2.23. The molecule has 2 saturated heterocycles. The smallest absolute Gasteiger partial charge is 0.370 e. The molecule has 0 aromatic rings. The fourth-order valence-corrected chi connectivity index (χ4v) is 3.30. The van der Waals surface area contributed by atoms with Crippen molar-refractivity contribution in [3.05, 3.63) is 0 Å². The lowest BCUT2D eigenvalue weighted by molar-refractivity contribution is -0.148. The van der Waals surface area contributed by atoms with Crippen molar-refractivity contribution in [2.45, 2.75) is 38.8 Å². The summed E-state index contributed by atoms with van der Waals surface area (Å²) in [6.07, 6.45) is -0.179. The minimum Gasteiger partial charge on any atom is -0.370 e. The first kappa shape index (κ1) is 17.4. The number of alkyl halides is 3. The van der Waals surface area contributed by atoms with Gasteiger partial charge < -0.3 is 10.6 Å². The summed E-state index contributed by atoms with van der Waals surface area (Å²) in [5.41, 5.74) is 6.06. The van der Waals surface area contributed by atoms with Gasteiger partial charge in [0.15, 0.2) is 5.96 Å². The molecule has 1 unspecified atom stereocenters. The van der Waals surface area contributed by atoms with Crippen LogP contribution < -0.4 is 5.73 Å². The van der Waals surface area contributed by atoms with E-state index < -0.39 is 12.7 Å². The highest BCUT2D eigenvalue weighted by Gasteiger charge is 2.32. The second kappa shape index (κ2) is 7.53. The molecule has 0 saturated carbocycles. The summed E-state index contributed by atoms with van der Waals surface area (Å²) in [5, 5.41) is 0. The summed E-state index contributed by atoms with van der Waals surface area (Å²) in [4.78, 5) is 8.10. The van der Waals surface area contributed by atoms with E-state index in [2.05, 4.69) is 16.8 Å². The Bertz CT molecular complexity index is 375. The SMILES string of the molecule is CC1CCCN(C(N)=NCC2CCN(CC(F)(F)F)CC2)C1. The highest BCUT2D eigenvalue weighted by molar-refractivity contribution is 5.78. The average molecular weight is 320 g/mol. The van der Waals surface area contributed by atoms with Crippen LogP contribution >= 0.6 is 0 Å². The zero-order valence-electron chi connectivity index (χ0n) is 13.3. The van der Waals surface area contributed by atoms with E-state index in [1.54, 1.807) is 0 Å². The molecule has 1 atom stereocenters. The second-order valence-electron chi connectivity index (χ2n) is 6.73. The molecule has 2 heterocycles. The number of nitrogens with zero attached hydrogens (tertiary/aromatic N) is 3.